The normalized spacial score (nSPS) is 11.9. The first-order valence-electron chi connectivity index (χ1n) is 9.10. The average molecular weight is 417 g/mol. The monoisotopic (exact) mass is 417 g/mol. The second kappa shape index (κ2) is 9.46. The Morgan fingerprint density at radius 1 is 1.31 bits per heavy atom. The number of carbonyl (C=O) groups is 1. The fraction of sp³-hybridized carbons (Fsp3) is 0.368. The maximum absolute atomic E-state index is 12.1. The fourth-order valence-electron chi connectivity index (χ4n) is 2.70. The van der Waals surface area contributed by atoms with E-state index < -0.39 is 0 Å². The summed E-state index contributed by atoms with van der Waals surface area (Å²) in [5, 5.41) is 15.6. The maximum atomic E-state index is 12.1. The van der Waals surface area contributed by atoms with Crippen LogP contribution < -0.4 is 14.8 Å². The number of anilines is 1. The number of rotatable bonds is 9. The Morgan fingerprint density at radius 3 is 2.72 bits per heavy atom. The van der Waals surface area contributed by atoms with Gasteiger partial charge in [0.05, 0.1) is 12.9 Å². The molecule has 1 amide bonds. The highest BCUT2D eigenvalue weighted by atomic mass is 32.2. The Labute approximate surface area is 172 Å². The van der Waals surface area contributed by atoms with Gasteiger partial charge in [0, 0.05) is 12.6 Å². The molecule has 0 aliphatic rings. The SMILES string of the molecule is CCn1c(SCC(=O)Nc2cc(C)on2)nnc1C(C)Oc1ccccc1OC. The number of aryl methyl sites for hydroxylation is 1. The number of aromatic nitrogens is 4. The molecule has 3 rings (SSSR count). The molecule has 2 aromatic heterocycles. The van der Waals surface area contributed by atoms with Gasteiger partial charge in [0.2, 0.25) is 5.91 Å². The number of nitrogens with zero attached hydrogens (tertiary/aromatic N) is 4. The van der Waals surface area contributed by atoms with Crippen LogP contribution in [0.15, 0.2) is 40.0 Å². The Bertz CT molecular complexity index is 971. The third-order valence-corrected chi connectivity index (χ3v) is 4.99. The molecule has 0 fully saturated rings. The molecule has 1 N–H and O–H groups in total. The van der Waals surface area contributed by atoms with Crippen LogP contribution in [0.2, 0.25) is 0 Å². The number of hydrogen-bond acceptors (Lipinski definition) is 8. The highest BCUT2D eigenvalue weighted by Crippen LogP contribution is 2.31. The lowest BCUT2D eigenvalue weighted by atomic mass is 10.3. The summed E-state index contributed by atoms with van der Waals surface area (Å²) in [5.74, 6) is 2.95. The number of benzene rings is 1. The van der Waals surface area contributed by atoms with Crippen molar-refractivity contribution >= 4 is 23.5 Å². The maximum Gasteiger partial charge on any atom is 0.236 e. The number of ether oxygens (including phenoxy) is 2. The minimum absolute atomic E-state index is 0.172. The number of thioether (sulfide) groups is 1. The lowest BCUT2D eigenvalue weighted by Crippen LogP contribution is -2.15. The van der Waals surface area contributed by atoms with Gasteiger partial charge in [-0.05, 0) is 32.9 Å². The van der Waals surface area contributed by atoms with Gasteiger partial charge in [-0.1, -0.05) is 29.1 Å². The molecule has 10 heteroatoms. The molecule has 9 nitrogen and oxygen atoms in total. The molecular weight excluding hydrogens is 394 g/mol. The number of para-hydroxylation sites is 2. The molecule has 0 aliphatic carbocycles. The molecule has 0 aliphatic heterocycles. The summed E-state index contributed by atoms with van der Waals surface area (Å²) >= 11 is 1.30. The summed E-state index contributed by atoms with van der Waals surface area (Å²) in [7, 11) is 1.60. The van der Waals surface area contributed by atoms with Gasteiger partial charge in [-0.2, -0.15) is 0 Å². The predicted molar refractivity (Wildman–Crippen MR) is 108 cm³/mol. The number of amides is 1. The van der Waals surface area contributed by atoms with Crippen molar-refractivity contribution in [2.45, 2.75) is 38.6 Å². The quantitative estimate of drug-likeness (QED) is 0.528. The van der Waals surface area contributed by atoms with E-state index in [-0.39, 0.29) is 17.8 Å². The van der Waals surface area contributed by atoms with E-state index in [0.29, 0.717) is 40.6 Å². The summed E-state index contributed by atoms with van der Waals surface area (Å²) in [5.41, 5.74) is 0. The first-order valence-corrected chi connectivity index (χ1v) is 10.1. The minimum Gasteiger partial charge on any atom is -0.493 e. The van der Waals surface area contributed by atoms with E-state index in [0.717, 1.165) is 0 Å². The summed E-state index contributed by atoms with van der Waals surface area (Å²) in [6.07, 6.45) is -0.347. The number of methoxy groups -OCH3 is 1. The zero-order valence-electron chi connectivity index (χ0n) is 16.7. The summed E-state index contributed by atoms with van der Waals surface area (Å²) in [6, 6.07) is 9.10. The largest absolute Gasteiger partial charge is 0.493 e. The topological polar surface area (TPSA) is 104 Å². The van der Waals surface area contributed by atoms with Gasteiger partial charge in [-0.15, -0.1) is 10.2 Å². The van der Waals surface area contributed by atoms with Crippen molar-refractivity contribution in [2.75, 3.05) is 18.2 Å². The number of carbonyl (C=O) groups excluding carboxylic acids is 1. The van der Waals surface area contributed by atoms with Crippen molar-refractivity contribution in [1.82, 2.24) is 19.9 Å². The van der Waals surface area contributed by atoms with Crippen LogP contribution in [0.3, 0.4) is 0 Å². The molecule has 3 aromatic rings. The van der Waals surface area contributed by atoms with Crippen LogP contribution in [-0.2, 0) is 11.3 Å². The van der Waals surface area contributed by atoms with E-state index in [1.54, 1.807) is 20.1 Å². The molecule has 2 heterocycles. The van der Waals surface area contributed by atoms with Crippen LogP contribution in [0.4, 0.5) is 5.82 Å². The van der Waals surface area contributed by atoms with Gasteiger partial charge in [0.1, 0.15) is 5.76 Å². The molecule has 154 valence electrons. The van der Waals surface area contributed by atoms with E-state index >= 15 is 0 Å². The van der Waals surface area contributed by atoms with Crippen LogP contribution >= 0.6 is 11.8 Å². The molecule has 1 aromatic carbocycles. The molecular formula is C19H23N5O4S. The van der Waals surface area contributed by atoms with Crippen LogP contribution in [0, 0.1) is 6.92 Å². The Balaban J connectivity index is 1.65. The predicted octanol–water partition coefficient (Wildman–Crippen LogP) is 3.47. The highest BCUT2D eigenvalue weighted by Gasteiger charge is 2.20. The second-order valence-corrected chi connectivity index (χ2v) is 7.10. The van der Waals surface area contributed by atoms with Crippen LogP contribution in [-0.4, -0.2) is 38.7 Å². The molecule has 0 radical (unpaired) electrons. The van der Waals surface area contributed by atoms with Gasteiger partial charge in [0.15, 0.2) is 34.4 Å². The molecule has 0 saturated carbocycles. The summed E-state index contributed by atoms with van der Waals surface area (Å²) < 4.78 is 18.2. The lowest BCUT2D eigenvalue weighted by molar-refractivity contribution is -0.113. The molecule has 0 bridgehead atoms. The molecule has 29 heavy (non-hydrogen) atoms. The number of hydrogen-bond donors (Lipinski definition) is 1. The minimum atomic E-state index is -0.347. The van der Waals surface area contributed by atoms with Crippen LogP contribution in [0.25, 0.3) is 0 Å². The second-order valence-electron chi connectivity index (χ2n) is 6.16. The number of nitrogens with one attached hydrogen (secondary N) is 1. The van der Waals surface area contributed by atoms with Gasteiger partial charge >= 0.3 is 0 Å². The van der Waals surface area contributed by atoms with Gasteiger partial charge in [-0.25, -0.2) is 0 Å². The Kier molecular flexibility index (Phi) is 6.76. The van der Waals surface area contributed by atoms with Gasteiger partial charge in [0.25, 0.3) is 0 Å². The lowest BCUT2D eigenvalue weighted by Gasteiger charge is -2.17. The van der Waals surface area contributed by atoms with Crippen molar-refractivity contribution in [3.63, 3.8) is 0 Å². The fourth-order valence-corrected chi connectivity index (χ4v) is 3.51. The zero-order valence-corrected chi connectivity index (χ0v) is 17.5. The first kappa shape index (κ1) is 20.7. The van der Waals surface area contributed by atoms with Gasteiger partial charge < -0.3 is 23.9 Å². The van der Waals surface area contributed by atoms with Crippen molar-refractivity contribution in [1.29, 1.82) is 0 Å². The van der Waals surface area contributed by atoms with Crippen molar-refractivity contribution in [3.8, 4) is 11.5 Å². The molecule has 0 saturated heterocycles. The standard InChI is InChI=1S/C19H23N5O4S/c1-5-24-18(13(3)27-15-9-7-6-8-14(15)26-4)21-22-19(24)29-11-17(25)20-16-10-12(2)28-23-16/h6-10,13H,5,11H2,1-4H3,(H,20,23,25). The van der Waals surface area contributed by atoms with Crippen LogP contribution in [0.5, 0.6) is 11.5 Å². The van der Waals surface area contributed by atoms with E-state index in [1.165, 1.54) is 11.8 Å². The van der Waals surface area contributed by atoms with E-state index in [1.807, 2.05) is 42.7 Å². The Hall–Kier alpha value is -3.01. The van der Waals surface area contributed by atoms with Crippen molar-refractivity contribution in [3.05, 3.63) is 41.9 Å². The third-order valence-electron chi connectivity index (χ3n) is 4.03. The van der Waals surface area contributed by atoms with E-state index in [9.17, 15) is 4.79 Å². The summed E-state index contributed by atoms with van der Waals surface area (Å²) in [4.78, 5) is 12.1. The Morgan fingerprint density at radius 2 is 2.07 bits per heavy atom. The van der Waals surface area contributed by atoms with Gasteiger partial charge in [-0.3, -0.25) is 4.79 Å². The van der Waals surface area contributed by atoms with E-state index in [2.05, 4.69) is 20.7 Å². The highest BCUT2D eigenvalue weighted by molar-refractivity contribution is 7.99. The van der Waals surface area contributed by atoms with Crippen molar-refractivity contribution < 1.29 is 18.8 Å². The van der Waals surface area contributed by atoms with Crippen molar-refractivity contribution in [2.24, 2.45) is 0 Å². The third kappa shape index (κ3) is 5.08. The summed E-state index contributed by atoms with van der Waals surface area (Å²) in [6.45, 7) is 6.30. The zero-order chi connectivity index (χ0) is 20.8. The smallest absolute Gasteiger partial charge is 0.236 e. The van der Waals surface area contributed by atoms with Crippen LogP contribution in [0.1, 0.15) is 31.5 Å². The average Bonchev–Trinajstić information content (AvgIpc) is 3.32. The molecule has 0 spiro atoms. The first-order chi connectivity index (χ1) is 14.0. The molecule has 1 unspecified atom stereocenters. The molecule has 1 atom stereocenters. The van der Waals surface area contributed by atoms with E-state index in [4.69, 9.17) is 14.0 Å².